The first-order valence-corrected chi connectivity index (χ1v) is 8.67. The Kier molecular flexibility index (Phi) is 4.73. The lowest BCUT2D eigenvalue weighted by Gasteiger charge is -2.27. The van der Waals surface area contributed by atoms with Crippen molar-refractivity contribution < 1.29 is 9.47 Å². The van der Waals surface area contributed by atoms with Crippen LogP contribution in [0, 0.1) is 6.92 Å². The standard InChI is InChI=1S/C18H18ClN5O2/c1-12-6-13(4-5-20-12)21-8-14-9-24(23-22-14)15-2-3-18(17(19)7-15)26-16-10-25-11-16/h2-7,9,16H,8,10-11H2,1H3,(H,20,21). The molecule has 1 saturated heterocycles. The Hall–Kier alpha value is -2.64. The van der Waals surface area contributed by atoms with Crippen LogP contribution in [0.4, 0.5) is 5.69 Å². The number of hydrogen-bond acceptors (Lipinski definition) is 6. The molecule has 1 aliphatic rings. The lowest BCUT2D eigenvalue weighted by molar-refractivity contribution is -0.0796. The van der Waals surface area contributed by atoms with E-state index < -0.39 is 0 Å². The van der Waals surface area contributed by atoms with E-state index in [2.05, 4.69) is 20.6 Å². The van der Waals surface area contributed by atoms with E-state index in [1.54, 1.807) is 10.9 Å². The number of aryl methyl sites for hydroxylation is 1. The number of benzene rings is 1. The van der Waals surface area contributed by atoms with Gasteiger partial charge in [0.1, 0.15) is 17.5 Å². The molecule has 0 radical (unpaired) electrons. The van der Waals surface area contributed by atoms with Crippen molar-refractivity contribution in [2.75, 3.05) is 18.5 Å². The first kappa shape index (κ1) is 16.8. The highest BCUT2D eigenvalue weighted by atomic mass is 35.5. The second kappa shape index (κ2) is 7.31. The number of aromatic nitrogens is 4. The highest BCUT2D eigenvalue weighted by Gasteiger charge is 2.21. The summed E-state index contributed by atoms with van der Waals surface area (Å²) in [7, 11) is 0. The van der Waals surface area contributed by atoms with E-state index in [1.165, 1.54) is 0 Å². The topological polar surface area (TPSA) is 74.1 Å². The van der Waals surface area contributed by atoms with Crippen LogP contribution in [-0.2, 0) is 11.3 Å². The lowest BCUT2D eigenvalue weighted by Crippen LogP contribution is -2.38. The molecule has 7 nitrogen and oxygen atoms in total. The van der Waals surface area contributed by atoms with Crippen LogP contribution in [-0.4, -0.2) is 39.3 Å². The van der Waals surface area contributed by atoms with Gasteiger partial charge in [-0.15, -0.1) is 5.10 Å². The van der Waals surface area contributed by atoms with E-state index in [0.717, 1.165) is 22.8 Å². The molecule has 0 saturated carbocycles. The normalized spacial score (nSPS) is 14.1. The summed E-state index contributed by atoms with van der Waals surface area (Å²) in [4.78, 5) is 4.18. The molecule has 1 N–H and O–H groups in total. The maximum absolute atomic E-state index is 6.32. The number of hydrogen-bond donors (Lipinski definition) is 1. The Morgan fingerprint density at radius 2 is 2.19 bits per heavy atom. The predicted molar refractivity (Wildman–Crippen MR) is 97.9 cm³/mol. The van der Waals surface area contributed by atoms with Crippen LogP contribution in [0.2, 0.25) is 5.02 Å². The fourth-order valence-corrected chi connectivity index (χ4v) is 2.76. The molecule has 0 atom stereocenters. The molecule has 26 heavy (non-hydrogen) atoms. The van der Waals surface area contributed by atoms with Crippen LogP contribution < -0.4 is 10.1 Å². The summed E-state index contributed by atoms with van der Waals surface area (Å²) in [6.07, 6.45) is 3.72. The minimum Gasteiger partial charge on any atom is -0.484 e. The Labute approximate surface area is 155 Å². The van der Waals surface area contributed by atoms with E-state index >= 15 is 0 Å². The maximum Gasteiger partial charge on any atom is 0.145 e. The Bertz CT molecular complexity index is 910. The first-order valence-electron chi connectivity index (χ1n) is 8.29. The van der Waals surface area contributed by atoms with Crippen molar-refractivity contribution in [1.82, 2.24) is 20.0 Å². The Morgan fingerprint density at radius 3 is 2.92 bits per heavy atom. The molecule has 8 heteroatoms. The van der Waals surface area contributed by atoms with Crippen molar-refractivity contribution in [3.05, 3.63) is 59.1 Å². The number of anilines is 1. The van der Waals surface area contributed by atoms with Crippen molar-refractivity contribution in [2.45, 2.75) is 19.6 Å². The van der Waals surface area contributed by atoms with E-state index in [-0.39, 0.29) is 6.10 Å². The lowest BCUT2D eigenvalue weighted by atomic mass is 10.2. The summed E-state index contributed by atoms with van der Waals surface area (Å²) in [5.74, 6) is 0.652. The second-order valence-electron chi connectivity index (χ2n) is 6.09. The third-order valence-electron chi connectivity index (χ3n) is 3.99. The van der Waals surface area contributed by atoms with Crippen LogP contribution >= 0.6 is 11.6 Å². The molecule has 0 aliphatic carbocycles. The maximum atomic E-state index is 6.32. The fraction of sp³-hybridized carbons (Fsp3) is 0.278. The van der Waals surface area contributed by atoms with Crippen LogP contribution in [0.15, 0.2) is 42.7 Å². The third kappa shape index (κ3) is 3.79. The van der Waals surface area contributed by atoms with Gasteiger partial charge in [-0.2, -0.15) is 0 Å². The molecule has 0 unspecified atom stereocenters. The monoisotopic (exact) mass is 371 g/mol. The van der Waals surface area contributed by atoms with Gasteiger partial charge in [0.2, 0.25) is 0 Å². The number of halogens is 1. The van der Waals surface area contributed by atoms with Crippen LogP contribution in [0.5, 0.6) is 5.75 Å². The zero-order chi connectivity index (χ0) is 17.9. The molecule has 3 aromatic rings. The average Bonchev–Trinajstić information content (AvgIpc) is 3.06. The van der Waals surface area contributed by atoms with E-state index in [0.29, 0.717) is 30.5 Å². The average molecular weight is 372 g/mol. The van der Waals surface area contributed by atoms with Crippen molar-refractivity contribution in [2.24, 2.45) is 0 Å². The minimum atomic E-state index is 0.0826. The molecular weight excluding hydrogens is 354 g/mol. The van der Waals surface area contributed by atoms with Gasteiger partial charge in [-0.1, -0.05) is 16.8 Å². The van der Waals surface area contributed by atoms with Crippen molar-refractivity contribution in [3.8, 4) is 11.4 Å². The van der Waals surface area contributed by atoms with Gasteiger partial charge in [-0.3, -0.25) is 4.98 Å². The highest BCUT2D eigenvalue weighted by molar-refractivity contribution is 6.32. The summed E-state index contributed by atoms with van der Waals surface area (Å²) in [6.45, 7) is 3.74. The van der Waals surface area contributed by atoms with E-state index in [9.17, 15) is 0 Å². The summed E-state index contributed by atoms with van der Waals surface area (Å²) in [5, 5.41) is 12.2. The fourth-order valence-electron chi connectivity index (χ4n) is 2.54. The van der Waals surface area contributed by atoms with Gasteiger partial charge in [-0.25, -0.2) is 4.68 Å². The largest absolute Gasteiger partial charge is 0.484 e. The van der Waals surface area contributed by atoms with E-state index in [4.69, 9.17) is 21.1 Å². The number of rotatable bonds is 6. The second-order valence-corrected chi connectivity index (χ2v) is 6.49. The summed E-state index contributed by atoms with van der Waals surface area (Å²) < 4.78 is 12.6. The van der Waals surface area contributed by atoms with Gasteiger partial charge in [0.15, 0.2) is 0 Å². The number of ether oxygens (including phenoxy) is 2. The smallest absolute Gasteiger partial charge is 0.145 e. The quantitative estimate of drug-likeness (QED) is 0.718. The van der Waals surface area contributed by atoms with Crippen molar-refractivity contribution in [1.29, 1.82) is 0 Å². The molecule has 134 valence electrons. The molecule has 4 rings (SSSR count). The SMILES string of the molecule is Cc1cc(NCc2cn(-c3ccc(OC4COC4)c(Cl)c3)nn2)ccn1. The molecule has 0 amide bonds. The number of nitrogens with zero attached hydrogens (tertiary/aromatic N) is 4. The van der Waals surface area contributed by atoms with Crippen LogP contribution in [0.25, 0.3) is 5.69 Å². The third-order valence-corrected chi connectivity index (χ3v) is 4.29. The number of pyridine rings is 1. The van der Waals surface area contributed by atoms with Gasteiger partial charge < -0.3 is 14.8 Å². The summed E-state index contributed by atoms with van der Waals surface area (Å²) in [5.41, 5.74) is 3.61. The molecule has 0 spiro atoms. The predicted octanol–water partition coefficient (Wildman–Crippen LogP) is 3.01. The van der Waals surface area contributed by atoms with Crippen molar-refractivity contribution >= 4 is 17.3 Å². The van der Waals surface area contributed by atoms with Gasteiger partial charge in [0.05, 0.1) is 36.7 Å². The molecular formula is C18H18ClN5O2. The molecule has 1 aliphatic heterocycles. The zero-order valence-electron chi connectivity index (χ0n) is 14.2. The Morgan fingerprint density at radius 1 is 1.31 bits per heavy atom. The number of nitrogens with one attached hydrogen (secondary N) is 1. The zero-order valence-corrected chi connectivity index (χ0v) is 15.0. The Balaban J connectivity index is 1.42. The van der Waals surface area contributed by atoms with Gasteiger partial charge in [-0.05, 0) is 37.3 Å². The van der Waals surface area contributed by atoms with Crippen molar-refractivity contribution in [3.63, 3.8) is 0 Å². The minimum absolute atomic E-state index is 0.0826. The van der Waals surface area contributed by atoms with Gasteiger partial charge in [0, 0.05) is 17.6 Å². The first-order chi connectivity index (χ1) is 12.7. The highest BCUT2D eigenvalue weighted by Crippen LogP contribution is 2.28. The summed E-state index contributed by atoms with van der Waals surface area (Å²) in [6, 6.07) is 9.46. The summed E-state index contributed by atoms with van der Waals surface area (Å²) >= 11 is 6.32. The van der Waals surface area contributed by atoms with Gasteiger partial charge in [0.25, 0.3) is 0 Å². The van der Waals surface area contributed by atoms with Crippen LogP contribution in [0.1, 0.15) is 11.4 Å². The molecule has 1 fully saturated rings. The molecule has 0 bridgehead atoms. The molecule has 2 aromatic heterocycles. The van der Waals surface area contributed by atoms with E-state index in [1.807, 2.05) is 43.5 Å². The van der Waals surface area contributed by atoms with Crippen LogP contribution in [0.3, 0.4) is 0 Å². The molecule has 3 heterocycles. The molecule has 1 aromatic carbocycles. The van der Waals surface area contributed by atoms with Gasteiger partial charge >= 0.3 is 0 Å².